The minimum Gasteiger partial charge on any atom is -0.476 e. The molecule has 1 atom stereocenters. The first-order chi connectivity index (χ1) is 14.4. The number of amides is 1. The second-order valence-electron chi connectivity index (χ2n) is 8.16. The first-order valence-electron chi connectivity index (χ1n) is 10.5. The third kappa shape index (κ3) is 3.90. The lowest BCUT2D eigenvalue weighted by Gasteiger charge is -2.38. The maximum Gasteiger partial charge on any atom is 0.265 e. The third-order valence-electron chi connectivity index (χ3n) is 6.09. The Hall–Kier alpha value is -2.54. The predicted octanol–water partition coefficient (Wildman–Crippen LogP) is 3.74. The quantitative estimate of drug-likeness (QED) is 0.744. The van der Waals surface area contributed by atoms with Gasteiger partial charge in [0.1, 0.15) is 5.75 Å². The second kappa shape index (κ2) is 8.30. The number of hydrogen-bond acceptors (Lipinski definition) is 4. The minimum absolute atomic E-state index is 0.0386. The average Bonchev–Trinajstić information content (AvgIpc) is 2.78. The molecule has 1 fully saturated rings. The van der Waals surface area contributed by atoms with Crippen molar-refractivity contribution in [3.63, 3.8) is 0 Å². The Morgan fingerprint density at radius 1 is 1.03 bits per heavy atom. The van der Waals surface area contributed by atoms with Crippen molar-refractivity contribution >= 4 is 21.6 Å². The van der Waals surface area contributed by atoms with Gasteiger partial charge in [0.05, 0.1) is 17.1 Å². The molecule has 30 heavy (non-hydrogen) atoms. The number of likely N-dealkylation sites (N-methyl/N-ethyl adjacent to an activating group) is 1. The van der Waals surface area contributed by atoms with E-state index in [2.05, 4.69) is 0 Å². The molecule has 7 heteroatoms. The monoisotopic (exact) mass is 428 g/mol. The van der Waals surface area contributed by atoms with Crippen molar-refractivity contribution in [1.82, 2.24) is 4.90 Å². The summed E-state index contributed by atoms with van der Waals surface area (Å²) in [5, 5.41) is 0. The van der Waals surface area contributed by atoms with E-state index in [9.17, 15) is 13.2 Å². The van der Waals surface area contributed by atoms with Gasteiger partial charge in [0.25, 0.3) is 15.9 Å². The van der Waals surface area contributed by atoms with Gasteiger partial charge in [-0.3, -0.25) is 9.10 Å². The van der Waals surface area contributed by atoms with Crippen molar-refractivity contribution in [2.75, 3.05) is 17.9 Å². The number of carbonyl (C=O) groups is 1. The predicted molar refractivity (Wildman–Crippen MR) is 116 cm³/mol. The number of nitrogens with zero attached hydrogens (tertiary/aromatic N) is 2. The smallest absolute Gasteiger partial charge is 0.265 e. The molecule has 0 spiro atoms. The number of hydrogen-bond donors (Lipinski definition) is 0. The molecule has 6 nitrogen and oxygen atoms in total. The molecule has 160 valence electrons. The average molecular weight is 429 g/mol. The fourth-order valence-electron chi connectivity index (χ4n) is 4.27. The van der Waals surface area contributed by atoms with Crippen molar-refractivity contribution in [2.24, 2.45) is 0 Å². The number of sulfonamides is 1. The van der Waals surface area contributed by atoms with E-state index < -0.39 is 16.1 Å². The summed E-state index contributed by atoms with van der Waals surface area (Å²) in [6.07, 6.45) is 4.53. The van der Waals surface area contributed by atoms with Crippen molar-refractivity contribution in [1.29, 1.82) is 0 Å². The molecular weight excluding hydrogens is 400 g/mol. The Morgan fingerprint density at radius 3 is 2.40 bits per heavy atom. The molecule has 2 aliphatic rings. The first-order valence-corrected chi connectivity index (χ1v) is 11.9. The highest BCUT2D eigenvalue weighted by Crippen LogP contribution is 2.37. The van der Waals surface area contributed by atoms with Gasteiger partial charge in [0.15, 0.2) is 6.10 Å². The van der Waals surface area contributed by atoms with Gasteiger partial charge in [-0.1, -0.05) is 49.1 Å². The fourth-order valence-corrected chi connectivity index (χ4v) is 5.75. The van der Waals surface area contributed by atoms with Crippen molar-refractivity contribution in [2.45, 2.75) is 56.1 Å². The number of benzene rings is 2. The SMILES string of the molecule is Cc1ccc(S(=O)(=O)N2C[C@@H](C(=O)N(C)C3CCCCC3)Oc3ccccc32)cc1. The van der Waals surface area contributed by atoms with E-state index in [0.717, 1.165) is 31.2 Å². The minimum atomic E-state index is -3.83. The van der Waals surface area contributed by atoms with Crippen LogP contribution in [0.3, 0.4) is 0 Å². The number of ether oxygens (including phenoxy) is 1. The zero-order valence-electron chi connectivity index (χ0n) is 17.5. The summed E-state index contributed by atoms with van der Waals surface area (Å²) in [4.78, 5) is 15.2. The lowest BCUT2D eigenvalue weighted by atomic mass is 9.94. The molecular formula is C23H28N2O4S. The molecule has 1 heterocycles. The molecule has 0 saturated heterocycles. The van der Waals surface area contributed by atoms with E-state index in [1.54, 1.807) is 60.5 Å². The molecule has 1 aliphatic carbocycles. The molecule has 1 amide bonds. The highest BCUT2D eigenvalue weighted by Gasteiger charge is 2.39. The summed E-state index contributed by atoms with van der Waals surface area (Å²) in [5.41, 5.74) is 1.45. The Bertz CT molecular complexity index is 1010. The molecule has 0 bridgehead atoms. The number of para-hydroxylation sites is 2. The molecule has 2 aromatic rings. The highest BCUT2D eigenvalue weighted by atomic mass is 32.2. The van der Waals surface area contributed by atoms with E-state index in [0.29, 0.717) is 11.4 Å². The van der Waals surface area contributed by atoms with Crippen LogP contribution < -0.4 is 9.04 Å². The molecule has 4 rings (SSSR count). The molecule has 0 unspecified atom stereocenters. The molecule has 0 N–H and O–H groups in total. The number of aryl methyl sites for hydroxylation is 1. The summed E-state index contributed by atoms with van der Waals surface area (Å²) < 4.78 is 34.2. The zero-order valence-corrected chi connectivity index (χ0v) is 18.3. The zero-order chi connectivity index (χ0) is 21.3. The van der Waals surface area contributed by atoms with Gasteiger partial charge in [-0.15, -0.1) is 0 Å². The molecule has 0 aromatic heterocycles. The third-order valence-corrected chi connectivity index (χ3v) is 7.88. The van der Waals surface area contributed by atoms with Crippen LogP contribution in [0.4, 0.5) is 5.69 Å². The normalized spacial score (nSPS) is 19.7. The van der Waals surface area contributed by atoms with Gasteiger partial charge < -0.3 is 9.64 Å². The van der Waals surface area contributed by atoms with Gasteiger partial charge >= 0.3 is 0 Å². The molecule has 0 radical (unpaired) electrons. The number of fused-ring (bicyclic) bond motifs is 1. The first kappa shape index (κ1) is 20.7. The summed E-state index contributed by atoms with van der Waals surface area (Å²) in [5.74, 6) is 0.246. The van der Waals surface area contributed by atoms with E-state index in [1.807, 2.05) is 6.92 Å². The standard InChI is InChI=1S/C23H28N2O4S/c1-17-12-14-19(15-13-17)30(27,28)25-16-22(29-21-11-7-6-10-20(21)25)23(26)24(2)18-8-4-3-5-9-18/h6-7,10-15,18,22H,3-5,8-9,16H2,1-2H3/t22-/m0/s1. The summed E-state index contributed by atoms with van der Waals surface area (Å²) in [6.45, 7) is 1.87. The van der Waals surface area contributed by atoms with Crippen molar-refractivity contribution in [3.05, 3.63) is 54.1 Å². The van der Waals surface area contributed by atoms with Crippen LogP contribution in [0.5, 0.6) is 5.75 Å². The van der Waals surface area contributed by atoms with Crippen LogP contribution in [0.1, 0.15) is 37.7 Å². The lowest BCUT2D eigenvalue weighted by Crippen LogP contribution is -2.53. The lowest BCUT2D eigenvalue weighted by molar-refractivity contribution is -0.139. The van der Waals surface area contributed by atoms with Gasteiger partial charge in [-0.25, -0.2) is 8.42 Å². The summed E-state index contributed by atoms with van der Waals surface area (Å²) in [7, 11) is -2.02. The second-order valence-corrected chi connectivity index (χ2v) is 10.0. The van der Waals surface area contributed by atoms with E-state index in [4.69, 9.17) is 4.74 Å². The van der Waals surface area contributed by atoms with E-state index in [-0.39, 0.29) is 23.4 Å². The largest absolute Gasteiger partial charge is 0.476 e. The van der Waals surface area contributed by atoms with Crippen LogP contribution >= 0.6 is 0 Å². The van der Waals surface area contributed by atoms with Crippen molar-refractivity contribution in [3.8, 4) is 5.75 Å². The highest BCUT2D eigenvalue weighted by molar-refractivity contribution is 7.92. The Kier molecular flexibility index (Phi) is 5.73. The Balaban J connectivity index is 1.65. The maximum atomic E-state index is 13.4. The van der Waals surface area contributed by atoms with Gasteiger partial charge in [-0.05, 0) is 44.0 Å². The Labute approximate surface area is 178 Å². The van der Waals surface area contributed by atoms with Gasteiger partial charge in [0.2, 0.25) is 0 Å². The number of anilines is 1. The van der Waals surface area contributed by atoms with Crippen LogP contribution in [0.25, 0.3) is 0 Å². The fraction of sp³-hybridized carbons (Fsp3) is 0.435. The van der Waals surface area contributed by atoms with Crippen LogP contribution in [0.2, 0.25) is 0 Å². The van der Waals surface area contributed by atoms with Crippen LogP contribution in [-0.2, 0) is 14.8 Å². The topological polar surface area (TPSA) is 66.9 Å². The maximum absolute atomic E-state index is 13.4. The van der Waals surface area contributed by atoms with Gasteiger partial charge in [0, 0.05) is 13.1 Å². The molecule has 1 aliphatic heterocycles. The van der Waals surface area contributed by atoms with E-state index in [1.165, 1.54) is 10.7 Å². The molecule has 1 saturated carbocycles. The van der Waals surface area contributed by atoms with Crippen LogP contribution in [-0.4, -0.2) is 45.0 Å². The van der Waals surface area contributed by atoms with E-state index >= 15 is 0 Å². The number of carbonyl (C=O) groups excluding carboxylic acids is 1. The summed E-state index contributed by atoms with van der Waals surface area (Å²) in [6, 6.07) is 13.9. The Morgan fingerprint density at radius 2 is 1.70 bits per heavy atom. The van der Waals surface area contributed by atoms with Crippen LogP contribution in [0.15, 0.2) is 53.4 Å². The summed E-state index contributed by atoms with van der Waals surface area (Å²) >= 11 is 0. The molecule has 2 aromatic carbocycles. The number of rotatable bonds is 4. The van der Waals surface area contributed by atoms with Crippen molar-refractivity contribution < 1.29 is 17.9 Å². The van der Waals surface area contributed by atoms with Gasteiger partial charge in [-0.2, -0.15) is 0 Å². The van der Waals surface area contributed by atoms with Crippen LogP contribution in [0, 0.1) is 6.92 Å².